The van der Waals surface area contributed by atoms with Crippen LogP contribution in [0.5, 0.6) is 11.5 Å². The molecule has 6 nitrogen and oxygen atoms in total. The fourth-order valence-electron chi connectivity index (χ4n) is 5.77. The minimum Gasteiger partial charge on any atom is -0.491 e. The van der Waals surface area contributed by atoms with Gasteiger partial charge in [0.1, 0.15) is 24.7 Å². The van der Waals surface area contributed by atoms with Crippen LogP contribution in [0.1, 0.15) is 47.2 Å². The number of piperidine rings is 1. The molecule has 6 rings (SSSR count). The molecule has 1 N–H and O–H groups in total. The van der Waals surface area contributed by atoms with Crippen molar-refractivity contribution in [1.82, 2.24) is 9.88 Å². The summed E-state index contributed by atoms with van der Waals surface area (Å²) in [4.78, 5) is 7.11. The lowest BCUT2D eigenvalue weighted by Crippen LogP contribution is -2.42. The summed E-state index contributed by atoms with van der Waals surface area (Å²) in [5, 5.41) is 9.95. The van der Waals surface area contributed by atoms with Crippen molar-refractivity contribution in [2.45, 2.75) is 38.1 Å². The molecule has 4 heterocycles. The molecule has 1 fully saturated rings. The smallest absolute Gasteiger partial charge is 0.131 e. The van der Waals surface area contributed by atoms with Crippen molar-refractivity contribution < 1.29 is 19.3 Å². The molecule has 1 spiro atoms. The quantitative estimate of drug-likeness (QED) is 0.475. The molecule has 0 radical (unpaired) electrons. The molecule has 0 aliphatic carbocycles. The lowest BCUT2D eigenvalue weighted by molar-refractivity contribution is -0.0785. The van der Waals surface area contributed by atoms with Gasteiger partial charge < -0.3 is 24.2 Å². The number of hydrogen-bond donors (Lipinski definition) is 1. The van der Waals surface area contributed by atoms with Gasteiger partial charge in [-0.3, -0.25) is 4.98 Å². The second-order valence-electron chi connectivity index (χ2n) is 9.85. The highest BCUT2D eigenvalue weighted by atomic mass is 35.5. The molecule has 3 aromatic rings. The van der Waals surface area contributed by atoms with Crippen LogP contribution in [0.2, 0.25) is 5.02 Å². The van der Waals surface area contributed by atoms with Crippen molar-refractivity contribution in [3.05, 3.63) is 93.8 Å². The number of benzene rings is 2. The van der Waals surface area contributed by atoms with E-state index < -0.39 is 0 Å². The van der Waals surface area contributed by atoms with Crippen molar-refractivity contribution in [1.29, 1.82) is 0 Å². The van der Waals surface area contributed by atoms with Crippen LogP contribution in [-0.2, 0) is 23.6 Å². The second-order valence-corrected chi connectivity index (χ2v) is 10.3. The van der Waals surface area contributed by atoms with Crippen molar-refractivity contribution in [2.75, 3.05) is 32.8 Å². The van der Waals surface area contributed by atoms with E-state index in [0.29, 0.717) is 19.0 Å². The molecule has 37 heavy (non-hydrogen) atoms. The van der Waals surface area contributed by atoms with E-state index in [-0.39, 0.29) is 18.8 Å². The standard InChI is InChI=1S/C30H31ClN2O4/c31-22-5-7-27-21(17-22)19-37-30(27)9-13-33(14-10-30)12-2-4-24-25-3-1-11-32-28(25)20-36-29-8-6-23(18-26(24)29)35-16-15-34/h1,3-8,11,17-18,34H,2,9-10,12-16,19-20H2/b24-4+. The van der Waals surface area contributed by atoms with Crippen LogP contribution in [0.15, 0.2) is 60.8 Å². The zero-order valence-electron chi connectivity index (χ0n) is 20.8. The van der Waals surface area contributed by atoms with Gasteiger partial charge in [-0.15, -0.1) is 0 Å². The Balaban J connectivity index is 1.19. The third-order valence-corrected chi connectivity index (χ3v) is 7.90. The fourth-order valence-corrected chi connectivity index (χ4v) is 5.97. The average Bonchev–Trinajstić information content (AvgIpc) is 3.18. The zero-order chi connectivity index (χ0) is 25.2. The summed E-state index contributed by atoms with van der Waals surface area (Å²) in [6.45, 7) is 4.29. The normalized spacial score (nSPS) is 19.1. The number of aromatic nitrogens is 1. The van der Waals surface area contributed by atoms with Crippen molar-refractivity contribution in [3.8, 4) is 11.5 Å². The van der Waals surface area contributed by atoms with E-state index in [1.54, 1.807) is 0 Å². The number of pyridine rings is 1. The minimum absolute atomic E-state index is 0.0233. The first kappa shape index (κ1) is 24.4. The summed E-state index contributed by atoms with van der Waals surface area (Å²) in [6.07, 6.45) is 7.01. The first-order chi connectivity index (χ1) is 18.1. The number of ether oxygens (including phenoxy) is 3. The van der Waals surface area contributed by atoms with E-state index in [4.69, 9.17) is 25.8 Å². The molecule has 7 heteroatoms. The maximum Gasteiger partial charge on any atom is 0.131 e. The molecule has 2 aromatic carbocycles. The van der Waals surface area contributed by atoms with Crippen LogP contribution in [0.4, 0.5) is 0 Å². The Morgan fingerprint density at radius 1 is 1.08 bits per heavy atom. The first-order valence-electron chi connectivity index (χ1n) is 13.0. The first-order valence-corrected chi connectivity index (χ1v) is 13.3. The van der Waals surface area contributed by atoms with E-state index in [9.17, 15) is 5.11 Å². The highest BCUT2D eigenvalue weighted by molar-refractivity contribution is 6.30. The van der Waals surface area contributed by atoms with Crippen LogP contribution < -0.4 is 9.47 Å². The van der Waals surface area contributed by atoms with Gasteiger partial charge in [0, 0.05) is 42.0 Å². The van der Waals surface area contributed by atoms with E-state index in [1.165, 1.54) is 11.1 Å². The monoisotopic (exact) mass is 518 g/mol. The number of hydrogen-bond acceptors (Lipinski definition) is 6. The second kappa shape index (κ2) is 10.5. The highest BCUT2D eigenvalue weighted by Crippen LogP contribution is 2.45. The summed E-state index contributed by atoms with van der Waals surface area (Å²) in [6, 6.07) is 16.1. The summed E-state index contributed by atoms with van der Waals surface area (Å²) >= 11 is 6.20. The molecule has 0 bridgehead atoms. The third-order valence-electron chi connectivity index (χ3n) is 7.67. The highest BCUT2D eigenvalue weighted by Gasteiger charge is 2.42. The topological polar surface area (TPSA) is 64.1 Å². The summed E-state index contributed by atoms with van der Waals surface area (Å²) < 4.78 is 18.1. The molecule has 3 aliphatic heterocycles. The summed E-state index contributed by atoms with van der Waals surface area (Å²) in [5.41, 5.74) is 6.51. The Labute approximate surface area is 222 Å². The molecular formula is C30H31ClN2O4. The average molecular weight is 519 g/mol. The van der Waals surface area contributed by atoms with Crippen molar-refractivity contribution in [3.63, 3.8) is 0 Å². The van der Waals surface area contributed by atoms with Crippen molar-refractivity contribution >= 4 is 17.2 Å². The molecular weight excluding hydrogens is 488 g/mol. The van der Waals surface area contributed by atoms with Gasteiger partial charge in [0.2, 0.25) is 0 Å². The third kappa shape index (κ3) is 4.87. The maximum absolute atomic E-state index is 9.17. The fraction of sp³-hybridized carbons (Fsp3) is 0.367. The molecule has 1 aromatic heterocycles. The van der Waals surface area contributed by atoms with Crippen molar-refractivity contribution in [2.24, 2.45) is 0 Å². The van der Waals surface area contributed by atoms with Gasteiger partial charge >= 0.3 is 0 Å². The predicted octanol–water partition coefficient (Wildman–Crippen LogP) is 5.34. The molecule has 192 valence electrons. The number of fused-ring (bicyclic) bond motifs is 4. The SMILES string of the molecule is OCCOc1ccc2c(c1)/C(=C/CCN1CCC3(CC1)OCc1cc(Cl)ccc13)c1cccnc1CO2. The van der Waals surface area contributed by atoms with Gasteiger partial charge in [0.25, 0.3) is 0 Å². The Morgan fingerprint density at radius 2 is 1.97 bits per heavy atom. The Morgan fingerprint density at radius 3 is 2.84 bits per heavy atom. The molecule has 0 unspecified atom stereocenters. The molecule has 3 aliphatic rings. The number of nitrogens with zero attached hydrogens (tertiary/aromatic N) is 2. The van der Waals surface area contributed by atoms with E-state index >= 15 is 0 Å². The molecule has 0 amide bonds. The Hall–Kier alpha value is -2.90. The van der Waals surface area contributed by atoms with E-state index in [2.05, 4.69) is 28.1 Å². The summed E-state index contributed by atoms with van der Waals surface area (Å²) in [7, 11) is 0. The van der Waals surface area contributed by atoms with Gasteiger partial charge in [-0.05, 0) is 72.4 Å². The number of aliphatic hydroxyl groups excluding tert-OH is 1. The molecule has 1 saturated heterocycles. The summed E-state index contributed by atoms with van der Waals surface area (Å²) in [5.74, 6) is 1.53. The molecule has 0 saturated carbocycles. The Bertz CT molecular complexity index is 1320. The van der Waals surface area contributed by atoms with E-state index in [0.717, 1.165) is 72.1 Å². The lowest BCUT2D eigenvalue weighted by atomic mass is 9.84. The number of halogens is 1. The Kier molecular flexibility index (Phi) is 6.91. The predicted molar refractivity (Wildman–Crippen MR) is 143 cm³/mol. The van der Waals surface area contributed by atoms with Crippen LogP contribution >= 0.6 is 11.6 Å². The van der Waals surface area contributed by atoms with Gasteiger partial charge in [0.05, 0.1) is 24.5 Å². The largest absolute Gasteiger partial charge is 0.491 e. The van der Waals surface area contributed by atoms with E-state index in [1.807, 2.05) is 42.6 Å². The lowest BCUT2D eigenvalue weighted by Gasteiger charge is -2.39. The van der Waals surface area contributed by atoms with Gasteiger partial charge in [-0.1, -0.05) is 29.8 Å². The van der Waals surface area contributed by atoms with Crippen LogP contribution in [0.3, 0.4) is 0 Å². The van der Waals surface area contributed by atoms with Gasteiger partial charge in [0.15, 0.2) is 0 Å². The molecule has 0 atom stereocenters. The minimum atomic E-state index is -0.165. The number of likely N-dealkylation sites (tertiary alicyclic amines) is 1. The maximum atomic E-state index is 9.17. The van der Waals surface area contributed by atoms with Gasteiger partial charge in [-0.2, -0.15) is 0 Å². The number of rotatable bonds is 6. The van der Waals surface area contributed by atoms with Crippen LogP contribution in [0, 0.1) is 0 Å². The number of aliphatic hydroxyl groups is 1. The van der Waals surface area contributed by atoms with Gasteiger partial charge in [-0.25, -0.2) is 0 Å². The van der Waals surface area contributed by atoms with Crippen LogP contribution in [0.25, 0.3) is 5.57 Å². The zero-order valence-corrected chi connectivity index (χ0v) is 21.5. The van der Waals surface area contributed by atoms with Crippen LogP contribution in [-0.4, -0.2) is 47.8 Å².